The predicted octanol–water partition coefficient (Wildman–Crippen LogP) is 2.87. The Kier molecular flexibility index (Phi) is 9.56. The van der Waals surface area contributed by atoms with Crippen LogP contribution in [0.4, 0.5) is 5.69 Å². The Balaban J connectivity index is 0.00000338. The van der Waals surface area contributed by atoms with Crippen molar-refractivity contribution in [3.05, 3.63) is 23.8 Å². The number of aliphatic imine (C=N–C) groups is 1. The zero-order chi connectivity index (χ0) is 18.3. The maximum atomic E-state index is 11.4. The quantitative estimate of drug-likeness (QED) is 0.236. The molecule has 2 rings (SSSR count). The molecule has 0 radical (unpaired) electrons. The van der Waals surface area contributed by atoms with Gasteiger partial charge in [-0.25, -0.2) is 0 Å². The van der Waals surface area contributed by atoms with E-state index < -0.39 is 0 Å². The number of hydrogen-bond acceptors (Lipinski definition) is 4. The Labute approximate surface area is 177 Å². The fourth-order valence-corrected chi connectivity index (χ4v) is 2.59. The van der Waals surface area contributed by atoms with Gasteiger partial charge in [0.25, 0.3) is 0 Å². The minimum atomic E-state index is 0. The van der Waals surface area contributed by atoms with Gasteiger partial charge in [0, 0.05) is 30.4 Å². The number of halogens is 1. The second-order valence-electron chi connectivity index (χ2n) is 6.53. The van der Waals surface area contributed by atoms with Crippen molar-refractivity contribution in [3.8, 4) is 5.75 Å². The molecule has 1 heterocycles. The number of fused-ring (bicyclic) bond motifs is 1. The van der Waals surface area contributed by atoms with Gasteiger partial charge in [-0.05, 0) is 50.3 Å². The monoisotopic (exact) mass is 492 g/mol. The van der Waals surface area contributed by atoms with Gasteiger partial charge in [0.15, 0.2) is 5.96 Å². The van der Waals surface area contributed by atoms with Crippen LogP contribution in [0, 0.1) is 0 Å². The molecule has 1 amide bonds. The first-order valence-corrected chi connectivity index (χ1v) is 9.71. The average molecular weight is 492 g/mol. The molecule has 0 fully saturated rings. The third kappa shape index (κ3) is 7.22. The van der Waals surface area contributed by atoms with Crippen molar-refractivity contribution < 1.29 is 9.53 Å². The summed E-state index contributed by atoms with van der Waals surface area (Å²) in [6, 6.07) is 5.79. The van der Waals surface area contributed by atoms with Crippen molar-refractivity contribution in [1.29, 1.82) is 0 Å². The van der Waals surface area contributed by atoms with Gasteiger partial charge in [0.05, 0.1) is 6.54 Å². The Hall–Kier alpha value is -1.16. The SMILES string of the molecule is CN=C(NCCOc1ccc2c(c1)CCC(=O)N2)NCC(C)(C)SC.I. The van der Waals surface area contributed by atoms with E-state index in [0.29, 0.717) is 19.6 Å². The molecular weight excluding hydrogens is 463 g/mol. The molecule has 1 aliphatic heterocycles. The molecule has 0 aliphatic carbocycles. The first-order chi connectivity index (χ1) is 11.9. The molecule has 0 spiro atoms. The molecule has 0 aromatic heterocycles. The number of ether oxygens (including phenoxy) is 1. The number of benzene rings is 1. The van der Waals surface area contributed by atoms with Gasteiger partial charge in [-0.2, -0.15) is 11.8 Å². The molecule has 1 aromatic carbocycles. The highest BCUT2D eigenvalue weighted by Gasteiger charge is 2.16. The Morgan fingerprint density at radius 1 is 1.35 bits per heavy atom. The van der Waals surface area contributed by atoms with Crippen molar-refractivity contribution in [2.45, 2.75) is 31.4 Å². The zero-order valence-electron chi connectivity index (χ0n) is 15.8. The highest BCUT2D eigenvalue weighted by atomic mass is 127. The van der Waals surface area contributed by atoms with E-state index in [1.807, 2.05) is 30.0 Å². The van der Waals surface area contributed by atoms with Crippen molar-refractivity contribution in [2.24, 2.45) is 4.99 Å². The molecule has 146 valence electrons. The highest BCUT2D eigenvalue weighted by Crippen LogP contribution is 2.26. The zero-order valence-corrected chi connectivity index (χ0v) is 19.0. The number of anilines is 1. The largest absolute Gasteiger partial charge is 0.492 e. The van der Waals surface area contributed by atoms with Crippen LogP contribution in [0.15, 0.2) is 23.2 Å². The lowest BCUT2D eigenvalue weighted by molar-refractivity contribution is -0.116. The van der Waals surface area contributed by atoms with E-state index >= 15 is 0 Å². The van der Waals surface area contributed by atoms with Crippen LogP contribution in [0.25, 0.3) is 0 Å². The molecule has 0 atom stereocenters. The summed E-state index contributed by atoms with van der Waals surface area (Å²) in [7, 11) is 1.76. The van der Waals surface area contributed by atoms with Gasteiger partial charge in [0.2, 0.25) is 5.91 Å². The Bertz CT molecular complexity index is 638. The maximum absolute atomic E-state index is 11.4. The number of aryl methyl sites for hydroxylation is 1. The summed E-state index contributed by atoms with van der Waals surface area (Å²) in [6.07, 6.45) is 3.40. The lowest BCUT2D eigenvalue weighted by Gasteiger charge is -2.23. The first-order valence-electron chi connectivity index (χ1n) is 8.49. The number of thioether (sulfide) groups is 1. The van der Waals surface area contributed by atoms with E-state index in [4.69, 9.17) is 4.74 Å². The summed E-state index contributed by atoms with van der Waals surface area (Å²) in [5, 5.41) is 9.45. The van der Waals surface area contributed by atoms with Crippen LogP contribution >= 0.6 is 35.7 Å². The minimum absolute atomic E-state index is 0. The number of carbonyl (C=O) groups is 1. The molecule has 1 aliphatic rings. The molecule has 0 saturated heterocycles. The van der Waals surface area contributed by atoms with Crippen molar-refractivity contribution in [1.82, 2.24) is 10.6 Å². The normalized spacial score (nSPS) is 14.0. The molecule has 0 bridgehead atoms. The average Bonchev–Trinajstić information content (AvgIpc) is 2.61. The van der Waals surface area contributed by atoms with Gasteiger partial charge in [-0.15, -0.1) is 24.0 Å². The molecule has 0 unspecified atom stereocenters. The van der Waals surface area contributed by atoms with E-state index in [0.717, 1.165) is 35.9 Å². The first kappa shape index (κ1) is 22.9. The van der Waals surface area contributed by atoms with E-state index in [2.05, 4.69) is 41.0 Å². The lowest BCUT2D eigenvalue weighted by Crippen LogP contribution is -2.44. The van der Waals surface area contributed by atoms with Crippen LogP contribution in [0.2, 0.25) is 0 Å². The van der Waals surface area contributed by atoms with Crippen LogP contribution in [0.3, 0.4) is 0 Å². The van der Waals surface area contributed by atoms with Crippen LogP contribution < -0.4 is 20.7 Å². The Morgan fingerprint density at radius 2 is 2.12 bits per heavy atom. The summed E-state index contributed by atoms with van der Waals surface area (Å²) < 4.78 is 5.96. The molecule has 6 nitrogen and oxygen atoms in total. The molecule has 26 heavy (non-hydrogen) atoms. The standard InChI is InChI=1S/C18H28N4O2S.HI/c1-18(2,25-4)12-21-17(19-3)20-9-10-24-14-6-7-15-13(11-14)5-8-16(23)22-15;/h6-7,11H,5,8-10,12H2,1-4H3,(H,22,23)(H2,19,20,21);1H. The van der Waals surface area contributed by atoms with Gasteiger partial charge in [0.1, 0.15) is 12.4 Å². The fourth-order valence-electron chi connectivity index (χ4n) is 2.38. The van der Waals surface area contributed by atoms with Gasteiger partial charge < -0.3 is 20.7 Å². The van der Waals surface area contributed by atoms with E-state index in [9.17, 15) is 4.79 Å². The van der Waals surface area contributed by atoms with Crippen molar-refractivity contribution in [2.75, 3.05) is 38.3 Å². The van der Waals surface area contributed by atoms with Gasteiger partial charge >= 0.3 is 0 Å². The number of guanidine groups is 1. The van der Waals surface area contributed by atoms with Gasteiger partial charge in [-0.1, -0.05) is 0 Å². The number of hydrogen-bond donors (Lipinski definition) is 3. The summed E-state index contributed by atoms with van der Waals surface area (Å²) in [5.41, 5.74) is 2.02. The fraction of sp³-hybridized carbons (Fsp3) is 0.556. The lowest BCUT2D eigenvalue weighted by atomic mass is 10.0. The third-order valence-corrected chi connectivity index (χ3v) is 5.34. The van der Waals surface area contributed by atoms with E-state index in [1.54, 1.807) is 7.05 Å². The number of nitrogens with one attached hydrogen (secondary N) is 3. The second kappa shape index (κ2) is 10.9. The summed E-state index contributed by atoms with van der Waals surface area (Å²) in [5.74, 6) is 1.68. The molecule has 1 aromatic rings. The smallest absolute Gasteiger partial charge is 0.224 e. The van der Waals surface area contributed by atoms with Crippen molar-refractivity contribution >= 4 is 53.3 Å². The minimum Gasteiger partial charge on any atom is -0.492 e. The summed E-state index contributed by atoms with van der Waals surface area (Å²) in [4.78, 5) is 15.6. The summed E-state index contributed by atoms with van der Waals surface area (Å²) in [6.45, 7) is 6.43. The molecule has 0 saturated carbocycles. The molecule has 3 N–H and O–H groups in total. The van der Waals surface area contributed by atoms with E-state index in [-0.39, 0.29) is 34.6 Å². The Morgan fingerprint density at radius 3 is 2.81 bits per heavy atom. The number of rotatable bonds is 7. The summed E-state index contributed by atoms with van der Waals surface area (Å²) >= 11 is 1.82. The van der Waals surface area contributed by atoms with Crippen LogP contribution in [0.1, 0.15) is 25.8 Å². The number of nitrogens with zero attached hydrogens (tertiary/aromatic N) is 1. The third-order valence-electron chi connectivity index (χ3n) is 4.09. The van der Waals surface area contributed by atoms with Gasteiger partial charge in [-0.3, -0.25) is 9.79 Å². The van der Waals surface area contributed by atoms with Crippen LogP contribution in [-0.4, -0.2) is 49.6 Å². The van der Waals surface area contributed by atoms with Crippen LogP contribution in [0.5, 0.6) is 5.75 Å². The maximum Gasteiger partial charge on any atom is 0.224 e. The molecular formula is C18H29IN4O2S. The predicted molar refractivity (Wildman–Crippen MR) is 121 cm³/mol. The highest BCUT2D eigenvalue weighted by molar-refractivity contribution is 14.0. The van der Waals surface area contributed by atoms with Crippen LogP contribution in [-0.2, 0) is 11.2 Å². The number of amides is 1. The van der Waals surface area contributed by atoms with Crippen molar-refractivity contribution in [3.63, 3.8) is 0 Å². The van der Waals surface area contributed by atoms with E-state index in [1.165, 1.54) is 0 Å². The number of carbonyl (C=O) groups excluding carboxylic acids is 1. The topological polar surface area (TPSA) is 74.8 Å². The molecule has 8 heteroatoms. The second-order valence-corrected chi connectivity index (χ2v) is 8.05.